The minimum absolute atomic E-state index is 0.348. The molecule has 0 atom stereocenters. The van der Waals surface area contributed by atoms with Crippen LogP contribution in [-0.4, -0.2) is 6.54 Å². The fraction of sp³-hybridized carbons (Fsp3) is 0.250. The second kappa shape index (κ2) is 7.78. The minimum Gasteiger partial charge on any atom is -0.456 e. The molecule has 2 rings (SSSR count). The van der Waals surface area contributed by atoms with E-state index in [0.29, 0.717) is 21.0 Å². The van der Waals surface area contributed by atoms with Crippen molar-refractivity contribution in [2.75, 3.05) is 6.54 Å². The highest BCUT2D eigenvalue weighted by Gasteiger charge is 2.07. The van der Waals surface area contributed by atoms with Gasteiger partial charge >= 0.3 is 0 Å². The summed E-state index contributed by atoms with van der Waals surface area (Å²) in [5.41, 5.74) is 1.01. The lowest BCUT2D eigenvalue weighted by Crippen LogP contribution is -2.13. The molecule has 0 radical (unpaired) electrons. The van der Waals surface area contributed by atoms with E-state index in [2.05, 4.69) is 28.2 Å². The number of rotatable bonds is 6. The molecule has 1 N–H and O–H groups in total. The minimum atomic E-state index is -0.348. The largest absolute Gasteiger partial charge is 0.456 e. The fourth-order valence-electron chi connectivity index (χ4n) is 1.82. The van der Waals surface area contributed by atoms with Crippen LogP contribution < -0.4 is 10.1 Å². The third-order valence-electron chi connectivity index (χ3n) is 2.89. The lowest BCUT2D eigenvalue weighted by atomic mass is 10.2. The molecule has 2 aromatic rings. The number of ether oxygens (including phenoxy) is 1. The van der Waals surface area contributed by atoms with E-state index in [1.807, 2.05) is 12.1 Å². The van der Waals surface area contributed by atoms with Crippen LogP contribution in [0.3, 0.4) is 0 Å². The van der Waals surface area contributed by atoms with Gasteiger partial charge in [-0.2, -0.15) is 0 Å². The van der Waals surface area contributed by atoms with Crippen molar-refractivity contribution in [3.63, 3.8) is 0 Å². The van der Waals surface area contributed by atoms with E-state index in [1.165, 1.54) is 12.1 Å². The van der Waals surface area contributed by atoms with Crippen molar-refractivity contribution in [2.24, 2.45) is 0 Å². The Kier molecular flexibility index (Phi) is 6.03. The first kappa shape index (κ1) is 16.3. The van der Waals surface area contributed by atoms with E-state index >= 15 is 0 Å². The van der Waals surface area contributed by atoms with E-state index in [4.69, 9.17) is 16.3 Å². The van der Waals surface area contributed by atoms with Crippen LogP contribution in [0.4, 0.5) is 4.39 Å². The van der Waals surface area contributed by atoms with E-state index in [9.17, 15) is 4.39 Å². The van der Waals surface area contributed by atoms with Crippen LogP contribution in [0.2, 0.25) is 5.02 Å². The molecule has 0 aromatic heterocycles. The molecule has 0 spiro atoms. The van der Waals surface area contributed by atoms with Crippen molar-refractivity contribution in [3.05, 3.63) is 57.3 Å². The predicted molar refractivity (Wildman–Crippen MR) is 87.6 cm³/mol. The van der Waals surface area contributed by atoms with Crippen LogP contribution in [0.1, 0.15) is 18.9 Å². The van der Waals surface area contributed by atoms with Gasteiger partial charge in [0.15, 0.2) is 0 Å². The third kappa shape index (κ3) is 4.70. The first-order valence-electron chi connectivity index (χ1n) is 6.72. The molecule has 0 aliphatic rings. The summed E-state index contributed by atoms with van der Waals surface area (Å²) in [7, 11) is 0. The van der Waals surface area contributed by atoms with Gasteiger partial charge in [0.1, 0.15) is 17.3 Å². The highest BCUT2D eigenvalue weighted by atomic mass is 79.9. The van der Waals surface area contributed by atoms with Crippen molar-refractivity contribution >= 4 is 27.5 Å². The maximum absolute atomic E-state index is 13.2. The summed E-state index contributed by atoms with van der Waals surface area (Å²) in [5, 5.41) is 3.92. The Hall–Kier alpha value is -1.10. The average molecular weight is 373 g/mol. The first-order chi connectivity index (χ1) is 10.1. The van der Waals surface area contributed by atoms with Gasteiger partial charge < -0.3 is 10.1 Å². The zero-order valence-electron chi connectivity index (χ0n) is 11.6. The van der Waals surface area contributed by atoms with Gasteiger partial charge in [0, 0.05) is 17.6 Å². The van der Waals surface area contributed by atoms with Crippen LogP contribution in [-0.2, 0) is 6.54 Å². The average Bonchev–Trinajstić information content (AvgIpc) is 2.45. The molecule has 0 bridgehead atoms. The van der Waals surface area contributed by atoms with E-state index < -0.39 is 0 Å². The monoisotopic (exact) mass is 371 g/mol. The molecule has 0 saturated carbocycles. The molecule has 21 heavy (non-hydrogen) atoms. The number of benzene rings is 2. The van der Waals surface area contributed by atoms with Crippen LogP contribution in [0.25, 0.3) is 0 Å². The smallest absolute Gasteiger partial charge is 0.144 e. The lowest BCUT2D eigenvalue weighted by Gasteiger charge is -2.11. The highest BCUT2D eigenvalue weighted by Crippen LogP contribution is 2.32. The number of halogens is 3. The molecule has 0 saturated heterocycles. The van der Waals surface area contributed by atoms with E-state index in [-0.39, 0.29) is 5.82 Å². The zero-order valence-corrected chi connectivity index (χ0v) is 14.0. The summed E-state index contributed by atoms with van der Waals surface area (Å²) < 4.78 is 19.6. The topological polar surface area (TPSA) is 21.3 Å². The summed E-state index contributed by atoms with van der Waals surface area (Å²) in [5.74, 6) is 0.646. The molecule has 112 valence electrons. The summed E-state index contributed by atoms with van der Waals surface area (Å²) in [4.78, 5) is 0. The number of hydrogen-bond donors (Lipinski definition) is 1. The molecule has 0 amide bonds. The fourth-order valence-corrected chi connectivity index (χ4v) is 2.38. The quantitative estimate of drug-likeness (QED) is 0.673. The number of nitrogens with one attached hydrogen (secondary N) is 1. The van der Waals surface area contributed by atoms with Crippen molar-refractivity contribution in [1.82, 2.24) is 5.32 Å². The molecular weight excluding hydrogens is 357 g/mol. The maximum atomic E-state index is 13.2. The Morgan fingerprint density at radius 3 is 2.76 bits per heavy atom. The van der Waals surface area contributed by atoms with Crippen molar-refractivity contribution in [1.29, 1.82) is 0 Å². The Morgan fingerprint density at radius 2 is 2.05 bits per heavy atom. The predicted octanol–water partition coefficient (Wildman–Crippen LogP) is 5.53. The summed E-state index contributed by atoms with van der Waals surface area (Å²) in [6, 6.07) is 9.78. The van der Waals surface area contributed by atoms with Crippen molar-refractivity contribution < 1.29 is 9.13 Å². The Labute approximate surface area is 137 Å². The van der Waals surface area contributed by atoms with Gasteiger partial charge in [-0.15, -0.1) is 0 Å². The summed E-state index contributed by atoms with van der Waals surface area (Å²) in [6.45, 7) is 3.78. The molecule has 5 heteroatoms. The molecule has 0 fully saturated rings. The standard InChI is InChI=1S/C16H16BrClFNO/c1-2-7-20-10-11-3-5-13(9-15(11)18)21-16-8-12(19)4-6-14(16)17/h3-6,8-9,20H,2,7,10H2,1H3. The third-order valence-corrected chi connectivity index (χ3v) is 3.89. The van der Waals surface area contributed by atoms with Crippen molar-refractivity contribution in [3.8, 4) is 11.5 Å². The van der Waals surface area contributed by atoms with Crippen LogP contribution in [0.15, 0.2) is 40.9 Å². The molecule has 0 aliphatic heterocycles. The van der Waals surface area contributed by atoms with Gasteiger partial charge in [-0.1, -0.05) is 24.6 Å². The van der Waals surface area contributed by atoms with Crippen LogP contribution in [0.5, 0.6) is 11.5 Å². The first-order valence-corrected chi connectivity index (χ1v) is 7.89. The molecule has 0 unspecified atom stereocenters. The molecule has 2 aromatic carbocycles. The van der Waals surface area contributed by atoms with Gasteiger partial charge in [-0.05, 0) is 58.7 Å². The molecule has 0 heterocycles. The SMILES string of the molecule is CCCNCc1ccc(Oc2cc(F)ccc2Br)cc1Cl. The molecular formula is C16H16BrClFNO. The lowest BCUT2D eigenvalue weighted by molar-refractivity contribution is 0.473. The van der Waals surface area contributed by atoms with E-state index in [1.54, 1.807) is 12.1 Å². The van der Waals surface area contributed by atoms with Gasteiger partial charge in [0.2, 0.25) is 0 Å². The highest BCUT2D eigenvalue weighted by molar-refractivity contribution is 9.10. The number of hydrogen-bond acceptors (Lipinski definition) is 2. The zero-order chi connectivity index (χ0) is 15.2. The Balaban J connectivity index is 2.11. The van der Waals surface area contributed by atoms with E-state index in [0.717, 1.165) is 25.1 Å². The van der Waals surface area contributed by atoms with Crippen LogP contribution >= 0.6 is 27.5 Å². The second-order valence-electron chi connectivity index (χ2n) is 4.61. The molecule has 0 aliphatic carbocycles. The van der Waals surface area contributed by atoms with Crippen LogP contribution in [0, 0.1) is 5.82 Å². The second-order valence-corrected chi connectivity index (χ2v) is 5.87. The van der Waals surface area contributed by atoms with Gasteiger partial charge in [-0.25, -0.2) is 4.39 Å². The normalized spacial score (nSPS) is 10.7. The van der Waals surface area contributed by atoms with Gasteiger partial charge in [0.05, 0.1) is 4.47 Å². The summed E-state index contributed by atoms with van der Waals surface area (Å²) >= 11 is 9.57. The van der Waals surface area contributed by atoms with Gasteiger partial charge in [-0.3, -0.25) is 0 Å². The van der Waals surface area contributed by atoms with Gasteiger partial charge in [0.25, 0.3) is 0 Å². The molecule has 2 nitrogen and oxygen atoms in total. The van der Waals surface area contributed by atoms with Crippen molar-refractivity contribution in [2.45, 2.75) is 19.9 Å². The Morgan fingerprint density at radius 1 is 1.24 bits per heavy atom. The Bertz CT molecular complexity index is 621. The maximum Gasteiger partial charge on any atom is 0.144 e. The summed E-state index contributed by atoms with van der Waals surface area (Å²) in [6.07, 6.45) is 1.08.